The lowest BCUT2D eigenvalue weighted by atomic mass is 10.2. The van der Waals surface area contributed by atoms with Gasteiger partial charge < -0.3 is 10.1 Å². The van der Waals surface area contributed by atoms with Gasteiger partial charge in [0.25, 0.3) is 5.56 Å². The van der Waals surface area contributed by atoms with Gasteiger partial charge >= 0.3 is 5.97 Å². The second kappa shape index (κ2) is 10.6. The van der Waals surface area contributed by atoms with E-state index in [1.54, 1.807) is 24.3 Å². The summed E-state index contributed by atoms with van der Waals surface area (Å²) in [5.41, 5.74) is 0.806. The first-order valence-corrected chi connectivity index (χ1v) is 12.3. The van der Waals surface area contributed by atoms with Crippen LogP contribution in [-0.2, 0) is 16.1 Å². The van der Waals surface area contributed by atoms with E-state index >= 15 is 0 Å². The van der Waals surface area contributed by atoms with E-state index in [0.717, 1.165) is 9.90 Å². The summed E-state index contributed by atoms with van der Waals surface area (Å²) >= 11 is 2.76. The third-order valence-electron chi connectivity index (χ3n) is 4.65. The number of aromatic nitrogens is 3. The number of nitrogens with zero attached hydrogens (tertiary/aromatic N) is 3. The molecule has 0 atom stereocenters. The highest BCUT2D eigenvalue weighted by Crippen LogP contribution is 2.20. The molecule has 0 saturated carbocycles. The van der Waals surface area contributed by atoms with Gasteiger partial charge in [-0.3, -0.25) is 9.59 Å². The lowest BCUT2D eigenvalue weighted by Crippen LogP contribution is -2.17. The molecule has 4 rings (SSSR count). The maximum absolute atomic E-state index is 12.5. The minimum atomic E-state index is -0.580. The summed E-state index contributed by atoms with van der Waals surface area (Å²) in [5, 5.41) is 7.87. The highest BCUT2D eigenvalue weighted by molar-refractivity contribution is 8.00. The molecule has 0 aliphatic rings. The van der Waals surface area contributed by atoms with Crippen LogP contribution < -0.4 is 10.9 Å². The van der Waals surface area contributed by atoms with Crippen molar-refractivity contribution in [2.75, 3.05) is 11.1 Å². The molecule has 34 heavy (non-hydrogen) atoms. The third-order valence-corrected chi connectivity index (χ3v) is 6.87. The number of hydrogen-bond donors (Lipinski definition) is 1. The van der Waals surface area contributed by atoms with Gasteiger partial charge in [-0.25, -0.2) is 9.78 Å². The van der Waals surface area contributed by atoms with Crippen LogP contribution in [0.5, 0.6) is 0 Å². The van der Waals surface area contributed by atoms with Crippen LogP contribution in [0.25, 0.3) is 4.96 Å². The summed E-state index contributed by atoms with van der Waals surface area (Å²) in [4.78, 5) is 43.0. The van der Waals surface area contributed by atoms with Crippen molar-refractivity contribution in [2.24, 2.45) is 0 Å². The highest BCUT2D eigenvalue weighted by Gasteiger charge is 2.14. The number of carbonyl (C=O) groups excluding carboxylic acids is 2. The van der Waals surface area contributed by atoms with Crippen LogP contribution in [0.4, 0.5) is 5.69 Å². The zero-order valence-electron chi connectivity index (χ0n) is 18.6. The smallest absolute Gasteiger partial charge is 0.338 e. The van der Waals surface area contributed by atoms with Crippen molar-refractivity contribution < 1.29 is 14.3 Å². The number of carbonyl (C=O) groups is 2. The van der Waals surface area contributed by atoms with Gasteiger partial charge in [0, 0.05) is 22.6 Å². The minimum absolute atomic E-state index is 0.149. The van der Waals surface area contributed by atoms with Gasteiger partial charge in [0.1, 0.15) is 11.6 Å². The van der Waals surface area contributed by atoms with Gasteiger partial charge in [0.05, 0.1) is 17.0 Å². The lowest BCUT2D eigenvalue weighted by Gasteiger charge is -2.08. The molecule has 0 aliphatic carbocycles. The standard InChI is InChI=1S/C24H22N4O4S2/c1-15(2)22-27-28-21(30)12-18(26-24(28)34-22)13-32-23(31)16-7-6-8-17(11-16)25-20(29)14-33-19-9-4-3-5-10-19/h3-12,15H,13-14H2,1-2H3,(H,25,29). The molecule has 0 spiro atoms. The molecule has 0 unspecified atom stereocenters. The molecule has 0 saturated heterocycles. The Morgan fingerprint density at radius 2 is 1.91 bits per heavy atom. The largest absolute Gasteiger partial charge is 0.456 e. The predicted molar refractivity (Wildman–Crippen MR) is 133 cm³/mol. The summed E-state index contributed by atoms with van der Waals surface area (Å²) in [6.45, 7) is 3.83. The first kappa shape index (κ1) is 23.7. The number of esters is 1. The van der Waals surface area contributed by atoms with E-state index in [4.69, 9.17) is 4.74 Å². The third kappa shape index (κ3) is 5.89. The molecule has 4 aromatic rings. The summed E-state index contributed by atoms with van der Waals surface area (Å²) in [7, 11) is 0. The zero-order chi connectivity index (χ0) is 24.1. The Morgan fingerprint density at radius 3 is 2.68 bits per heavy atom. The first-order valence-electron chi connectivity index (χ1n) is 10.5. The molecule has 2 aromatic heterocycles. The van der Waals surface area contributed by atoms with E-state index in [1.165, 1.54) is 33.7 Å². The number of rotatable bonds is 8. The molecule has 174 valence electrons. The highest BCUT2D eigenvalue weighted by atomic mass is 32.2. The molecule has 1 amide bonds. The molecule has 10 heteroatoms. The average molecular weight is 495 g/mol. The molecule has 2 aromatic carbocycles. The van der Waals surface area contributed by atoms with E-state index in [2.05, 4.69) is 15.4 Å². The maximum atomic E-state index is 12.5. The molecular weight excluding hydrogens is 472 g/mol. The number of hydrogen-bond acceptors (Lipinski definition) is 8. The molecular formula is C24H22N4O4S2. The predicted octanol–water partition coefficient (Wildman–Crippen LogP) is 4.36. The van der Waals surface area contributed by atoms with Crippen molar-refractivity contribution >= 4 is 45.6 Å². The maximum Gasteiger partial charge on any atom is 0.338 e. The van der Waals surface area contributed by atoms with Crippen molar-refractivity contribution in [3.05, 3.63) is 87.3 Å². The number of anilines is 1. The van der Waals surface area contributed by atoms with Gasteiger partial charge in [0.15, 0.2) is 0 Å². The van der Waals surface area contributed by atoms with Gasteiger partial charge in [-0.2, -0.15) is 9.61 Å². The quantitative estimate of drug-likeness (QED) is 0.287. The van der Waals surface area contributed by atoms with Crippen LogP contribution in [0.3, 0.4) is 0 Å². The summed E-state index contributed by atoms with van der Waals surface area (Å²) in [5.74, 6) is -0.331. The van der Waals surface area contributed by atoms with E-state index in [0.29, 0.717) is 16.3 Å². The Bertz CT molecular complexity index is 1380. The molecule has 0 aliphatic heterocycles. The fourth-order valence-corrected chi connectivity index (χ4v) is 4.63. The fraction of sp³-hybridized carbons (Fsp3) is 0.208. The van der Waals surface area contributed by atoms with Crippen LogP contribution in [0.15, 0.2) is 70.4 Å². The molecule has 1 N–H and O–H groups in total. The number of nitrogens with one attached hydrogen (secondary N) is 1. The zero-order valence-corrected chi connectivity index (χ0v) is 20.2. The monoisotopic (exact) mass is 494 g/mol. The van der Waals surface area contributed by atoms with E-state index in [1.807, 2.05) is 44.2 Å². The van der Waals surface area contributed by atoms with Gasteiger partial charge in [0.2, 0.25) is 10.9 Å². The van der Waals surface area contributed by atoms with Crippen molar-refractivity contribution in [2.45, 2.75) is 31.3 Å². The number of thioether (sulfide) groups is 1. The van der Waals surface area contributed by atoms with E-state index < -0.39 is 5.97 Å². The average Bonchev–Trinajstić information content (AvgIpc) is 3.27. The Morgan fingerprint density at radius 1 is 1.12 bits per heavy atom. The normalized spacial score (nSPS) is 11.0. The summed E-state index contributed by atoms with van der Waals surface area (Å²) < 4.78 is 6.61. The lowest BCUT2D eigenvalue weighted by molar-refractivity contribution is -0.113. The Labute approximate surface area is 204 Å². The first-order chi connectivity index (χ1) is 16.4. The molecule has 8 nitrogen and oxygen atoms in total. The van der Waals surface area contributed by atoms with Crippen LogP contribution in [-0.4, -0.2) is 32.2 Å². The van der Waals surface area contributed by atoms with Crippen LogP contribution in [0.2, 0.25) is 0 Å². The van der Waals surface area contributed by atoms with Gasteiger partial charge in [-0.05, 0) is 30.3 Å². The van der Waals surface area contributed by atoms with E-state index in [9.17, 15) is 14.4 Å². The van der Waals surface area contributed by atoms with Crippen LogP contribution >= 0.6 is 23.1 Å². The van der Waals surface area contributed by atoms with Crippen molar-refractivity contribution in [1.29, 1.82) is 0 Å². The molecule has 0 bridgehead atoms. The van der Waals surface area contributed by atoms with Gasteiger partial charge in [-0.1, -0.05) is 49.4 Å². The van der Waals surface area contributed by atoms with Crippen molar-refractivity contribution in [3.8, 4) is 0 Å². The topological polar surface area (TPSA) is 103 Å². The number of fused-ring (bicyclic) bond motifs is 1. The Hall–Kier alpha value is -3.50. The Kier molecular flexibility index (Phi) is 7.39. The summed E-state index contributed by atoms with van der Waals surface area (Å²) in [6.07, 6.45) is 0. The fourth-order valence-electron chi connectivity index (χ4n) is 2.99. The van der Waals surface area contributed by atoms with Crippen molar-refractivity contribution in [3.63, 3.8) is 0 Å². The van der Waals surface area contributed by atoms with Crippen molar-refractivity contribution in [1.82, 2.24) is 14.6 Å². The number of amides is 1. The van der Waals surface area contributed by atoms with Crippen LogP contribution in [0, 0.1) is 0 Å². The van der Waals surface area contributed by atoms with Gasteiger partial charge in [-0.15, -0.1) is 11.8 Å². The van der Waals surface area contributed by atoms with E-state index in [-0.39, 0.29) is 35.3 Å². The minimum Gasteiger partial charge on any atom is -0.456 e. The number of benzene rings is 2. The molecule has 2 heterocycles. The summed E-state index contributed by atoms with van der Waals surface area (Å²) in [6, 6.07) is 17.5. The second-order valence-electron chi connectivity index (χ2n) is 7.68. The SMILES string of the molecule is CC(C)c1nn2c(=O)cc(COC(=O)c3cccc(NC(=O)CSc4ccccc4)c3)nc2s1. The Balaban J connectivity index is 1.36. The molecule has 0 fully saturated rings. The second-order valence-corrected chi connectivity index (χ2v) is 9.72. The number of ether oxygens (including phenoxy) is 1. The molecule has 0 radical (unpaired) electrons. The van der Waals surface area contributed by atoms with Crippen LogP contribution in [0.1, 0.15) is 40.8 Å².